The van der Waals surface area contributed by atoms with Gasteiger partial charge in [-0.2, -0.15) is 5.26 Å². The number of hydrogen-bond acceptors (Lipinski definition) is 5. The molecule has 1 aromatic heterocycles. The molecule has 0 bridgehead atoms. The average molecular weight is 316 g/mol. The summed E-state index contributed by atoms with van der Waals surface area (Å²) in [5.41, 5.74) is 7.74. The van der Waals surface area contributed by atoms with Crippen LogP contribution in [0.3, 0.4) is 0 Å². The van der Waals surface area contributed by atoms with Gasteiger partial charge in [0.15, 0.2) is 0 Å². The molecule has 0 atom stereocenters. The van der Waals surface area contributed by atoms with Gasteiger partial charge in [-0.05, 0) is 32.4 Å². The van der Waals surface area contributed by atoms with E-state index < -0.39 is 9.84 Å². The van der Waals surface area contributed by atoms with Crippen molar-refractivity contribution in [2.45, 2.75) is 25.7 Å². The van der Waals surface area contributed by atoms with Crippen molar-refractivity contribution in [1.29, 1.82) is 5.26 Å². The Balaban J connectivity index is 2.59. The number of allylic oxidation sites excluding steroid dienone is 1. The van der Waals surface area contributed by atoms with Crippen LogP contribution in [0.15, 0.2) is 38.5 Å². The van der Waals surface area contributed by atoms with E-state index >= 15 is 0 Å². The molecular weight excluding hydrogens is 300 g/mol. The molecular formula is C16H16N2O3S. The standard InChI is InChI=1S/C16H16N2O3S/c1-10-4-6-13(7-5-10)8-14(9-17)22(19,20)15-11(2)12(3)21-16(15)18/h4-8H,18H2,1-3H3/b14-8-. The maximum absolute atomic E-state index is 12.7. The van der Waals surface area contributed by atoms with Crippen LogP contribution in [0, 0.1) is 32.1 Å². The Labute approximate surface area is 129 Å². The summed E-state index contributed by atoms with van der Waals surface area (Å²) in [5.74, 6) is 0.226. The zero-order chi connectivity index (χ0) is 16.5. The van der Waals surface area contributed by atoms with Gasteiger partial charge in [-0.25, -0.2) is 8.42 Å². The summed E-state index contributed by atoms with van der Waals surface area (Å²) in [6, 6.07) is 8.93. The quantitative estimate of drug-likeness (QED) is 0.877. The summed E-state index contributed by atoms with van der Waals surface area (Å²) in [4.78, 5) is -0.503. The van der Waals surface area contributed by atoms with Crippen LogP contribution in [-0.4, -0.2) is 8.42 Å². The van der Waals surface area contributed by atoms with E-state index in [9.17, 15) is 13.7 Å². The predicted molar refractivity (Wildman–Crippen MR) is 84.5 cm³/mol. The number of sulfone groups is 1. The van der Waals surface area contributed by atoms with Gasteiger partial charge >= 0.3 is 0 Å². The third-order valence-corrected chi connectivity index (χ3v) is 5.23. The molecule has 0 aliphatic carbocycles. The number of nitrogens with zero attached hydrogens (tertiary/aromatic N) is 1. The van der Waals surface area contributed by atoms with E-state index in [0.717, 1.165) is 5.56 Å². The van der Waals surface area contributed by atoms with Gasteiger partial charge in [-0.15, -0.1) is 0 Å². The maximum Gasteiger partial charge on any atom is 0.222 e. The Morgan fingerprint density at radius 2 is 1.82 bits per heavy atom. The van der Waals surface area contributed by atoms with E-state index in [-0.39, 0.29) is 15.7 Å². The Kier molecular flexibility index (Phi) is 4.11. The molecule has 0 amide bonds. The molecule has 114 valence electrons. The van der Waals surface area contributed by atoms with Crippen LogP contribution in [0.5, 0.6) is 0 Å². The first-order valence-electron chi connectivity index (χ1n) is 6.56. The summed E-state index contributed by atoms with van der Waals surface area (Å²) < 4.78 is 30.5. The first-order chi connectivity index (χ1) is 10.3. The van der Waals surface area contributed by atoms with E-state index in [1.165, 1.54) is 6.08 Å². The van der Waals surface area contributed by atoms with Gasteiger partial charge in [0.2, 0.25) is 15.7 Å². The molecule has 6 heteroatoms. The molecule has 2 aromatic rings. The first-order valence-corrected chi connectivity index (χ1v) is 8.04. The molecule has 0 fully saturated rings. The van der Waals surface area contributed by atoms with Gasteiger partial charge in [0.25, 0.3) is 0 Å². The fourth-order valence-corrected chi connectivity index (χ4v) is 3.55. The van der Waals surface area contributed by atoms with Crippen LogP contribution >= 0.6 is 0 Å². The second-order valence-electron chi connectivity index (χ2n) is 5.01. The van der Waals surface area contributed by atoms with Gasteiger partial charge < -0.3 is 10.2 Å². The molecule has 0 saturated carbocycles. The van der Waals surface area contributed by atoms with Crippen LogP contribution in [0.25, 0.3) is 6.08 Å². The maximum atomic E-state index is 12.7. The van der Waals surface area contributed by atoms with Gasteiger partial charge in [0.05, 0.1) is 0 Å². The third kappa shape index (κ3) is 2.76. The molecule has 0 aliphatic heterocycles. The van der Waals surface area contributed by atoms with Crippen molar-refractivity contribution in [1.82, 2.24) is 0 Å². The first kappa shape index (κ1) is 15.9. The average Bonchev–Trinajstić information content (AvgIpc) is 2.71. The molecule has 0 radical (unpaired) electrons. The minimum atomic E-state index is -4.02. The zero-order valence-corrected chi connectivity index (χ0v) is 13.4. The molecule has 22 heavy (non-hydrogen) atoms. The largest absolute Gasteiger partial charge is 0.445 e. The van der Waals surface area contributed by atoms with Crippen molar-refractivity contribution in [3.05, 3.63) is 51.6 Å². The number of nitrogens with two attached hydrogens (primary N) is 1. The minimum absolute atomic E-state index is 0.134. The molecule has 5 nitrogen and oxygen atoms in total. The van der Waals surface area contributed by atoms with Crippen molar-refractivity contribution in [2.24, 2.45) is 0 Å². The highest BCUT2D eigenvalue weighted by atomic mass is 32.2. The number of aryl methyl sites for hydroxylation is 2. The highest BCUT2D eigenvalue weighted by Gasteiger charge is 2.29. The van der Waals surface area contributed by atoms with Crippen LogP contribution in [0.1, 0.15) is 22.5 Å². The highest BCUT2D eigenvalue weighted by molar-refractivity contribution is 7.96. The smallest absolute Gasteiger partial charge is 0.222 e. The van der Waals surface area contributed by atoms with Crippen molar-refractivity contribution < 1.29 is 12.8 Å². The van der Waals surface area contributed by atoms with Crippen molar-refractivity contribution in [3.63, 3.8) is 0 Å². The third-order valence-electron chi connectivity index (χ3n) is 3.40. The summed E-state index contributed by atoms with van der Waals surface area (Å²) in [7, 11) is -4.02. The lowest BCUT2D eigenvalue weighted by Gasteiger charge is -2.03. The molecule has 1 aromatic carbocycles. The second kappa shape index (κ2) is 5.70. The van der Waals surface area contributed by atoms with Crippen molar-refractivity contribution in [3.8, 4) is 6.07 Å². The molecule has 0 unspecified atom stereocenters. The highest BCUT2D eigenvalue weighted by Crippen LogP contribution is 2.33. The molecule has 2 rings (SSSR count). The number of anilines is 1. The Bertz CT molecular complexity index is 883. The monoisotopic (exact) mass is 316 g/mol. The minimum Gasteiger partial charge on any atom is -0.445 e. The number of rotatable bonds is 3. The van der Waals surface area contributed by atoms with Crippen molar-refractivity contribution >= 4 is 21.8 Å². The molecule has 2 N–H and O–H groups in total. The fourth-order valence-electron chi connectivity index (χ4n) is 2.06. The van der Waals surface area contributed by atoms with Gasteiger partial charge in [-0.1, -0.05) is 29.8 Å². The Hall–Kier alpha value is -2.52. The summed E-state index contributed by atoms with van der Waals surface area (Å²) in [5, 5.41) is 9.26. The van der Waals surface area contributed by atoms with E-state index in [2.05, 4.69) is 0 Å². The number of nitrogen functional groups attached to an aromatic ring is 1. The molecule has 0 aliphatic rings. The number of nitriles is 1. The van der Waals surface area contributed by atoms with Crippen LogP contribution in [0.4, 0.5) is 5.88 Å². The topological polar surface area (TPSA) is 97.1 Å². The van der Waals surface area contributed by atoms with E-state index in [1.54, 1.807) is 32.0 Å². The van der Waals surface area contributed by atoms with Crippen LogP contribution in [-0.2, 0) is 9.84 Å². The predicted octanol–water partition coefficient (Wildman–Crippen LogP) is 3.13. The lowest BCUT2D eigenvalue weighted by atomic mass is 10.1. The number of hydrogen-bond donors (Lipinski definition) is 1. The number of furan rings is 1. The van der Waals surface area contributed by atoms with Gasteiger partial charge in [-0.3, -0.25) is 0 Å². The van der Waals surface area contributed by atoms with Gasteiger partial charge in [0, 0.05) is 5.56 Å². The fraction of sp³-hybridized carbons (Fsp3) is 0.188. The Morgan fingerprint density at radius 1 is 1.23 bits per heavy atom. The van der Waals surface area contributed by atoms with E-state index in [1.807, 2.05) is 19.1 Å². The summed E-state index contributed by atoms with van der Waals surface area (Å²) in [6.07, 6.45) is 1.33. The molecule has 1 heterocycles. The second-order valence-corrected chi connectivity index (χ2v) is 6.87. The van der Waals surface area contributed by atoms with Crippen LogP contribution in [0.2, 0.25) is 0 Å². The number of benzene rings is 1. The molecule has 0 saturated heterocycles. The lowest BCUT2D eigenvalue weighted by Crippen LogP contribution is -2.06. The van der Waals surface area contributed by atoms with Crippen LogP contribution < -0.4 is 5.73 Å². The van der Waals surface area contributed by atoms with Crippen molar-refractivity contribution in [2.75, 3.05) is 5.73 Å². The SMILES string of the molecule is Cc1ccc(/C=C(/C#N)S(=O)(=O)c2c(N)oc(C)c2C)cc1. The van der Waals surface area contributed by atoms with Gasteiger partial charge in [0.1, 0.15) is 21.6 Å². The zero-order valence-electron chi connectivity index (χ0n) is 12.5. The normalized spacial score (nSPS) is 12.2. The summed E-state index contributed by atoms with van der Waals surface area (Å²) in [6.45, 7) is 5.15. The lowest BCUT2D eigenvalue weighted by molar-refractivity contribution is 0.546. The molecule has 0 spiro atoms. The Morgan fingerprint density at radius 3 is 2.27 bits per heavy atom. The summed E-state index contributed by atoms with van der Waals surface area (Å²) >= 11 is 0. The van der Waals surface area contributed by atoms with E-state index in [4.69, 9.17) is 10.2 Å². The van der Waals surface area contributed by atoms with E-state index in [0.29, 0.717) is 16.9 Å².